The van der Waals surface area contributed by atoms with Gasteiger partial charge in [0.2, 0.25) is 0 Å². The molecule has 1 atom stereocenters. The van der Waals surface area contributed by atoms with E-state index in [2.05, 4.69) is 48.5 Å². The highest BCUT2D eigenvalue weighted by molar-refractivity contribution is 6.70. The molecule has 0 bridgehead atoms. The van der Waals surface area contributed by atoms with E-state index in [4.69, 9.17) is 8.85 Å². The zero-order chi connectivity index (χ0) is 22.0. The van der Waals surface area contributed by atoms with Crippen LogP contribution in [0.5, 0.6) is 0 Å². The Bertz CT molecular complexity index is 351. The third kappa shape index (κ3) is 11.4. The van der Waals surface area contributed by atoms with Gasteiger partial charge < -0.3 is 8.85 Å². The van der Waals surface area contributed by atoms with Crippen molar-refractivity contribution >= 4 is 8.56 Å². The minimum Gasteiger partial charge on any atom is -0.394 e. The maximum Gasteiger partial charge on any atom is 0.344 e. The molecule has 0 saturated heterocycles. The van der Waals surface area contributed by atoms with Gasteiger partial charge in [0.15, 0.2) is 0 Å². The zero-order valence-corrected chi connectivity index (χ0v) is 22.4. The van der Waals surface area contributed by atoms with Crippen molar-refractivity contribution in [2.24, 2.45) is 5.92 Å². The van der Waals surface area contributed by atoms with Crippen LogP contribution in [0.1, 0.15) is 138 Å². The molecule has 3 heteroatoms. The van der Waals surface area contributed by atoms with Crippen molar-refractivity contribution in [1.82, 2.24) is 0 Å². The summed E-state index contributed by atoms with van der Waals surface area (Å²) < 4.78 is 13.0. The molecule has 0 spiro atoms. The van der Waals surface area contributed by atoms with E-state index in [-0.39, 0.29) is 5.04 Å². The summed E-state index contributed by atoms with van der Waals surface area (Å²) >= 11 is 0. The molecule has 29 heavy (non-hydrogen) atoms. The molecule has 0 aromatic heterocycles. The molecule has 0 fully saturated rings. The number of unbranched alkanes of at least 4 members (excludes halogenated alkanes) is 11. The Kier molecular flexibility index (Phi) is 17.9. The lowest BCUT2D eigenvalue weighted by molar-refractivity contribution is 0.139. The van der Waals surface area contributed by atoms with Crippen LogP contribution in [0.15, 0.2) is 0 Å². The fourth-order valence-corrected chi connectivity index (χ4v) is 9.02. The van der Waals surface area contributed by atoms with Gasteiger partial charge in [-0.15, -0.1) is 0 Å². The van der Waals surface area contributed by atoms with E-state index in [1.165, 1.54) is 89.9 Å². The molecule has 0 heterocycles. The summed E-state index contributed by atoms with van der Waals surface area (Å²) in [6.07, 6.45) is 19.3. The Morgan fingerprint density at radius 1 is 0.621 bits per heavy atom. The summed E-state index contributed by atoms with van der Waals surface area (Å²) in [6, 6.07) is 1.16. The molecular weight excluding hydrogens is 372 g/mol. The Morgan fingerprint density at radius 2 is 1.03 bits per heavy atom. The van der Waals surface area contributed by atoms with E-state index < -0.39 is 8.56 Å². The maximum atomic E-state index is 6.52. The Hall–Kier alpha value is 0.137. The van der Waals surface area contributed by atoms with Gasteiger partial charge in [-0.25, -0.2) is 0 Å². The van der Waals surface area contributed by atoms with Crippen LogP contribution >= 0.6 is 0 Å². The van der Waals surface area contributed by atoms with Crippen LogP contribution in [0, 0.1) is 5.92 Å². The van der Waals surface area contributed by atoms with E-state index in [0.717, 1.165) is 19.3 Å². The Labute approximate surface area is 186 Å². The Morgan fingerprint density at radius 3 is 1.41 bits per heavy atom. The molecule has 0 aliphatic rings. The van der Waals surface area contributed by atoms with Crippen LogP contribution in [0.4, 0.5) is 0 Å². The van der Waals surface area contributed by atoms with Crippen LogP contribution in [-0.4, -0.2) is 21.8 Å². The largest absolute Gasteiger partial charge is 0.394 e. The van der Waals surface area contributed by atoms with Gasteiger partial charge in [0, 0.05) is 18.3 Å². The topological polar surface area (TPSA) is 18.5 Å². The van der Waals surface area contributed by atoms with E-state index in [1.54, 1.807) is 0 Å². The van der Waals surface area contributed by atoms with Crippen molar-refractivity contribution in [3.05, 3.63) is 0 Å². The van der Waals surface area contributed by atoms with Crippen LogP contribution in [0.2, 0.25) is 11.1 Å². The van der Waals surface area contributed by atoms with Gasteiger partial charge in [0.25, 0.3) is 0 Å². The molecule has 0 radical (unpaired) electrons. The highest BCUT2D eigenvalue weighted by atomic mass is 28.4. The molecule has 0 aliphatic carbocycles. The predicted molar refractivity (Wildman–Crippen MR) is 133 cm³/mol. The minimum absolute atomic E-state index is 0.160. The highest BCUT2D eigenvalue weighted by Crippen LogP contribution is 2.49. The van der Waals surface area contributed by atoms with E-state index >= 15 is 0 Å². The smallest absolute Gasteiger partial charge is 0.344 e. The molecule has 0 rings (SSSR count). The summed E-state index contributed by atoms with van der Waals surface area (Å²) in [6.45, 7) is 17.7. The van der Waals surface area contributed by atoms with Gasteiger partial charge in [-0.2, -0.15) is 0 Å². The normalized spacial score (nSPS) is 13.8. The van der Waals surface area contributed by atoms with Gasteiger partial charge in [0.05, 0.1) is 0 Å². The number of hydrogen-bond acceptors (Lipinski definition) is 2. The fourth-order valence-electron chi connectivity index (χ4n) is 4.71. The molecule has 2 nitrogen and oxygen atoms in total. The monoisotopic (exact) mass is 428 g/mol. The molecule has 0 amide bonds. The molecule has 0 saturated carbocycles. The van der Waals surface area contributed by atoms with Crippen molar-refractivity contribution in [3.8, 4) is 0 Å². The third-order valence-electron chi connectivity index (χ3n) is 7.05. The molecule has 0 N–H and O–H groups in total. The molecule has 1 unspecified atom stereocenters. The summed E-state index contributed by atoms with van der Waals surface area (Å²) in [5, 5.41) is 0.160. The van der Waals surface area contributed by atoms with Gasteiger partial charge >= 0.3 is 8.56 Å². The van der Waals surface area contributed by atoms with Gasteiger partial charge in [-0.3, -0.25) is 0 Å². The average molecular weight is 429 g/mol. The van der Waals surface area contributed by atoms with Crippen molar-refractivity contribution in [2.75, 3.05) is 13.2 Å². The second kappa shape index (κ2) is 17.8. The predicted octanol–water partition coefficient (Wildman–Crippen LogP) is 9.42. The molecule has 0 aromatic rings. The second-order valence-corrected chi connectivity index (χ2v) is 13.5. The average Bonchev–Trinajstić information content (AvgIpc) is 2.69. The van der Waals surface area contributed by atoms with E-state index in [9.17, 15) is 0 Å². The lowest BCUT2D eigenvalue weighted by Gasteiger charge is -2.46. The lowest BCUT2D eigenvalue weighted by Crippen LogP contribution is -2.54. The first-order valence-electron chi connectivity index (χ1n) is 13.2. The standard InChI is InChI=1S/C26H56O2Si/c1-8-12-13-14-15-16-17-18-19-20-21-22-24-29(27-10-3,28-11-4)26(6,7)25(5)23-9-2/h25H,8-24H2,1-7H3. The Balaban J connectivity index is 4.31. The maximum absolute atomic E-state index is 6.52. The summed E-state index contributed by atoms with van der Waals surface area (Å²) in [5.41, 5.74) is 0. The van der Waals surface area contributed by atoms with E-state index in [0.29, 0.717) is 5.92 Å². The zero-order valence-electron chi connectivity index (χ0n) is 21.4. The third-order valence-corrected chi connectivity index (χ3v) is 12.0. The molecular formula is C26H56O2Si. The van der Waals surface area contributed by atoms with Crippen molar-refractivity contribution < 1.29 is 8.85 Å². The summed E-state index contributed by atoms with van der Waals surface area (Å²) in [4.78, 5) is 0. The van der Waals surface area contributed by atoms with Gasteiger partial charge in [-0.05, 0) is 25.8 Å². The summed E-state index contributed by atoms with van der Waals surface area (Å²) in [7, 11) is -2.22. The summed E-state index contributed by atoms with van der Waals surface area (Å²) in [5.74, 6) is 0.648. The first-order valence-corrected chi connectivity index (χ1v) is 15.2. The molecule has 176 valence electrons. The van der Waals surface area contributed by atoms with Crippen LogP contribution < -0.4 is 0 Å². The first-order chi connectivity index (χ1) is 13.9. The van der Waals surface area contributed by atoms with Gasteiger partial charge in [-0.1, -0.05) is 125 Å². The quantitative estimate of drug-likeness (QED) is 0.134. The highest BCUT2D eigenvalue weighted by Gasteiger charge is 2.53. The van der Waals surface area contributed by atoms with Crippen LogP contribution in [0.3, 0.4) is 0 Å². The van der Waals surface area contributed by atoms with E-state index in [1.807, 2.05) is 0 Å². The molecule has 0 aromatic carbocycles. The lowest BCUT2D eigenvalue weighted by atomic mass is 9.92. The number of hydrogen-bond donors (Lipinski definition) is 0. The number of rotatable bonds is 21. The second-order valence-electron chi connectivity index (χ2n) is 9.67. The minimum atomic E-state index is -2.22. The first kappa shape index (κ1) is 29.1. The molecule has 0 aliphatic heterocycles. The fraction of sp³-hybridized carbons (Fsp3) is 1.00. The SMILES string of the molecule is CCCCCCCCCCCCCC[Si](OCC)(OCC)C(C)(C)C(C)CCC. The van der Waals surface area contributed by atoms with Crippen molar-refractivity contribution in [1.29, 1.82) is 0 Å². The van der Waals surface area contributed by atoms with Crippen molar-refractivity contribution in [2.45, 2.75) is 149 Å². The van der Waals surface area contributed by atoms with Crippen LogP contribution in [0.25, 0.3) is 0 Å². The van der Waals surface area contributed by atoms with Crippen LogP contribution in [-0.2, 0) is 8.85 Å². The van der Waals surface area contributed by atoms with Crippen molar-refractivity contribution in [3.63, 3.8) is 0 Å². The van der Waals surface area contributed by atoms with Gasteiger partial charge in [0.1, 0.15) is 0 Å².